The highest BCUT2D eigenvalue weighted by molar-refractivity contribution is 5.45. The molecule has 0 amide bonds. The smallest absolute Gasteiger partial charge is 0.165 e. The summed E-state index contributed by atoms with van der Waals surface area (Å²) in [5, 5.41) is 7.50. The molecule has 0 saturated heterocycles. The fraction of sp³-hybridized carbons (Fsp3) is 0.600. The minimum Gasteiger partial charge on any atom is -0.165 e. The molecule has 0 fully saturated rings. The number of rotatable bonds is 0. The van der Waals surface area contributed by atoms with Gasteiger partial charge < -0.3 is 0 Å². The normalized spacial score (nSPS) is 25.8. The Morgan fingerprint density at radius 2 is 2.50 bits per heavy atom. The molecule has 1 unspecified atom stereocenters. The lowest BCUT2D eigenvalue weighted by Crippen LogP contribution is -2.16. The van der Waals surface area contributed by atoms with Crippen LogP contribution in [0, 0.1) is 0 Å². The minimum atomic E-state index is 0.153. The van der Waals surface area contributed by atoms with Gasteiger partial charge in [-0.25, -0.2) is 0 Å². The van der Waals surface area contributed by atoms with E-state index in [1.165, 1.54) is 0 Å². The highest BCUT2D eigenvalue weighted by Gasteiger charge is 2.07. The minimum absolute atomic E-state index is 0.153. The SMILES string of the molecule is CC1N=NC=C=[N+]1C. The lowest BCUT2D eigenvalue weighted by molar-refractivity contribution is -0.527. The molecule has 0 bridgehead atoms. The monoisotopic (exact) mass is 110 g/mol. The van der Waals surface area contributed by atoms with Crippen LogP contribution in [0.15, 0.2) is 16.4 Å². The van der Waals surface area contributed by atoms with E-state index in [-0.39, 0.29) is 6.17 Å². The van der Waals surface area contributed by atoms with Crippen molar-refractivity contribution in [1.29, 1.82) is 0 Å². The molecule has 0 aromatic heterocycles. The Hall–Kier alpha value is -0.950. The van der Waals surface area contributed by atoms with Gasteiger partial charge in [-0.1, -0.05) is 0 Å². The third kappa shape index (κ3) is 0.820. The predicted molar refractivity (Wildman–Crippen MR) is 30.1 cm³/mol. The molecule has 42 valence electrons. The molecule has 1 aliphatic heterocycles. The summed E-state index contributed by atoms with van der Waals surface area (Å²) in [7, 11) is 1.92. The maximum atomic E-state index is 3.84. The molecule has 0 aromatic carbocycles. The van der Waals surface area contributed by atoms with Gasteiger partial charge in [-0.3, -0.25) is 0 Å². The Kier molecular flexibility index (Phi) is 1.22. The van der Waals surface area contributed by atoms with Crippen LogP contribution in [0.3, 0.4) is 0 Å². The second-order valence-electron chi connectivity index (χ2n) is 1.73. The third-order valence-corrected chi connectivity index (χ3v) is 1.11. The van der Waals surface area contributed by atoms with Crippen molar-refractivity contribution in [3.63, 3.8) is 0 Å². The van der Waals surface area contributed by atoms with E-state index in [0.717, 1.165) is 0 Å². The van der Waals surface area contributed by atoms with Gasteiger partial charge in [0.25, 0.3) is 6.17 Å². The van der Waals surface area contributed by atoms with E-state index >= 15 is 0 Å². The zero-order valence-electron chi connectivity index (χ0n) is 5.00. The molecule has 3 nitrogen and oxygen atoms in total. The fourth-order valence-electron chi connectivity index (χ4n) is 0.432. The van der Waals surface area contributed by atoms with Gasteiger partial charge in [0.2, 0.25) is 0 Å². The molecule has 1 aliphatic rings. The van der Waals surface area contributed by atoms with Gasteiger partial charge in [-0.2, -0.15) is 4.58 Å². The van der Waals surface area contributed by atoms with Gasteiger partial charge in [-0.15, -0.1) is 10.2 Å². The summed E-state index contributed by atoms with van der Waals surface area (Å²) >= 11 is 0. The van der Waals surface area contributed by atoms with Gasteiger partial charge in [-0.05, 0) is 0 Å². The number of hydrogen-bond donors (Lipinski definition) is 0. The summed E-state index contributed by atoms with van der Waals surface area (Å²) in [4.78, 5) is 0. The lowest BCUT2D eigenvalue weighted by atomic mass is 10.6. The van der Waals surface area contributed by atoms with Crippen LogP contribution in [0.1, 0.15) is 6.92 Å². The first kappa shape index (κ1) is 5.19. The van der Waals surface area contributed by atoms with Gasteiger partial charge >= 0.3 is 0 Å². The van der Waals surface area contributed by atoms with E-state index in [1.54, 1.807) is 6.20 Å². The first-order valence-corrected chi connectivity index (χ1v) is 2.51. The van der Waals surface area contributed by atoms with Crippen molar-refractivity contribution in [2.75, 3.05) is 7.05 Å². The standard InChI is InChI=1S/C5H8N3/c1-5-7-6-3-4-8(5)2/h3,5H,1-2H3/q+1. The molecule has 1 heterocycles. The van der Waals surface area contributed by atoms with E-state index in [4.69, 9.17) is 0 Å². The summed E-state index contributed by atoms with van der Waals surface area (Å²) in [6.07, 6.45) is 1.71. The van der Waals surface area contributed by atoms with E-state index < -0.39 is 0 Å². The average molecular weight is 110 g/mol. The molecular formula is C5H8N3+. The highest BCUT2D eigenvalue weighted by atomic mass is 15.2. The van der Waals surface area contributed by atoms with Gasteiger partial charge in [0.05, 0.1) is 0 Å². The first-order valence-electron chi connectivity index (χ1n) is 2.51. The van der Waals surface area contributed by atoms with Crippen molar-refractivity contribution in [3.05, 3.63) is 6.20 Å². The first-order chi connectivity index (χ1) is 3.80. The summed E-state index contributed by atoms with van der Waals surface area (Å²) in [5.74, 6) is 2.88. The van der Waals surface area contributed by atoms with Crippen molar-refractivity contribution in [2.24, 2.45) is 10.2 Å². The number of hydrogen-bond acceptors (Lipinski definition) is 2. The van der Waals surface area contributed by atoms with Gasteiger partial charge in [0.15, 0.2) is 12.1 Å². The van der Waals surface area contributed by atoms with E-state index in [0.29, 0.717) is 0 Å². The van der Waals surface area contributed by atoms with Crippen molar-refractivity contribution in [1.82, 2.24) is 0 Å². The zero-order valence-corrected chi connectivity index (χ0v) is 5.00. The molecule has 1 atom stereocenters. The van der Waals surface area contributed by atoms with Crippen molar-refractivity contribution in [2.45, 2.75) is 13.1 Å². The van der Waals surface area contributed by atoms with Crippen molar-refractivity contribution in [3.8, 4) is 0 Å². The van der Waals surface area contributed by atoms with Crippen LogP contribution >= 0.6 is 0 Å². The topological polar surface area (TPSA) is 27.7 Å². The fourth-order valence-corrected chi connectivity index (χ4v) is 0.432. The lowest BCUT2D eigenvalue weighted by Gasteiger charge is -1.96. The van der Waals surface area contributed by atoms with Gasteiger partial charge in [0.1, 0.15) is 7.05 Å². The molecule has 0 aromatic rings. The maximum absolute atomic E-state index is 3.84. The largest absolute Gasteiger partial charge is 0.269 e. The molecule has 0 aliphatic carbocycles. The second kappa shape index (κ2) is 1.88. The van der Waals surface area contributed by atoms with Crippen molar-refractivity contribution < 1.29 is 4.58 Å². The maximum Gasteiger partial charge on any atom is 0.269 e. The average Bonchev–Trinajstić information content (AvgIpc) is 1.77. The molecule has 1 rings (SSSR count). The van der Waals surface area contributed by atoms with Crippen LogP contribution in [0.4, 0.5) is 0 Å². The van der Waals surface area contributed by atoms with Crippen molar-refractivity contribution >= 4 is 5.87 Å². The van der Waals surface area contributed by atoms with Crippen LogP contribution in [-0.2, 0) is 0 Å². The molecule has 0 radical (unpaired) electrons. The Morgan fingerprint density at radius 1 is 1.75 bits per heavy atom. The summed E-state index contributed by atoms with van der Waals surface area (Å²) in [6, 6.07) is 0. The number of nitrogens with zero attached hydrogens (tertiary/aromatic N) is 3. The molecule has 0 spiro atoms. The van der Waals surface area contributed by atoms with E-state index in [9.17, 15) is 0 Å². The molecule has 8 heavy (non-hydrogen) atoms. The molecule has 0 N–H and O–H groups in total. The quantitative estimate of drug-likeness (QED) is 0.409. The summed E-state index contributed by atoms with van der Waals surface area (Å²) in [6.45, 7) is 1.96. The van der Waals surface area contributed by atoms with Crippen LogP contribution in [-0.4, -0.2) is 23.7 Å². The molecular weight excluding hydrogens is 102 g/mol. The van der Waals surface area contributed by atoms with E-state index in [2.05, 4.69) is 16.1 Å². The Labute approximate surface area is 48.1 Å². The van der Waals surface area contributed by atoms with E-state index in [1.807, 2.05) is 18.5 Å². The zero-order chi connectivity index (χ0) is 5.98. The van der Waals surface area contributed by atoms with Crippen LogP contribution < -0.4 is 0 Å². The van der Waals surface area contributed by atoms with Crippen LogP contribution in [0.25, 0.3) is 0 Å². The van der Waals surface area contributed by atoms with Crippen LogP contribution in [0.2, 0.25) is 0 Å². The molecule has 3 heteroatoms. The summed E-state index contributed by atoms with van der Waals surface area (Å²) in [5.41, 5.74) is 0. The molecule has 0 saturated carbocycles. The number of azo groups is 1. The Bertz CT molecular complexity index is 174. The Morgan fingerprint density at radius 3 is 2.88 bits per heavy atom. The van der Waals surface area contributed by atoms with Crippen LogP contribution in [0.5, 0.6) is 0 Å². The summed E-state index contributed by atoms with van der Waals surface area (Å²) < 4.78 is 1.87. The third-order valence-electron chi connectivity index (χ3n) is 1.11. The predicted octanol–water partition coefficient (Wildman–Crippen LogP) is 0.624. The second-order valence-corrected chi connectivity index (χ2v) is 1.73. The Balaban J connectivity index is 2.89. The van der Waals surface area contributed by atoms with Gasteiger partial charge in [0, 0.05) is 6.92 Å². The highest BCUT2D eigenvalue weighted by Crippen LogP contribution is 1.92.